The van der Waals surface area contributed by atoms with Gasteiger partial charge in [0.1, 0.15) is 5.75 Å². The third-order valence-electron chi connectivity index (χ3n) is 3.70. The fourth-order valence-corrected chi connectivity index (χ4v) is 2.64. The molecule has 3 aromatic rings. The number of alkyl halides is 2. The molecule has 24 heavy (non-hydrogen) atoms. The van der Waals surface area contributed by atoms with Gasteiger partial charge in [-0.15, -0.1) is 0 Å². The van der Waals surface area contributed by atoms with Gasteiger partial charge in [-0.1, -0.05) is 42.5 Å². The molecule has 0 radical (unpaired) electrons. The Bertz CT molecular complexity index is 891. The van der Waals surface area contributed by atoms with E-state index in [-0.39, 0.29) is 5.75 Å². The lowest BCUT2D eigenvalue weighted by molar-refractivity contribution is -0.0494. The molecule has 5 heteroatoms. The highest BCUT2D eigenvalue weighted by Crippen LogP contribution is 2.36. The molecule has 0 amide bonds. The maximum absolute atomic E-state index is 12.7. The molecule has 0 spiro atoms. The Hall–Kier alpha value is -2.95. The number of methoxy groups -OCH3 is 1. The maximum Gasteiger partial charge on any atom is 0.387 e. The fraction of sp³-hybridized carbons (Fsp3) is 0.105. The quantitative estimate of drug-likeness (QED) is 0.639. The topological polar surface area (TPSA) is 35.5 Å². The van der Waals surface area contributed by atoms with E-state index in [1.165, 1.54) is 13.2 Å². The van der Waals surface area contributed by atoms with Gasteiger partial charge in [0.2, 0.25) is 0 Å². The third-order valence-corrected chi connectivity index (χ3v) is 3.70. The van der Waals surface area contributed by atoms with Crippen molar-refractivity contribution in [3.63, 3.8) is 0 Å². The van der Waals surface area contributed by atoms with Crippen LogP contribution in [-0.4, -0.2) is 19.7 Å². The van der Waals surface area contributed by atoms with Crippen molar-refractivity contribution in [2.45, 2.75) is 6.61 Å². The van der Waals surface area contributed by atoms with Gasteiger partial charge in [-0.25, -0.2) is 4.79 Å². The van der Waals surface area contributed by atoms with Gasteiger partial charge in [-0.2, -0.15) is 8.78 Å². The summed E-state index contributed by atoms with van der Waals surface area (Å²) in [7, 11) is 1.31. The van der Waals surface area contributed by atoms with E-state index >= 15 is 0 Å². The summed E-state index contributed by atoms with van der Waals surface area (Å²) in [6, 6.07) is 17.2. The number of rotatable bonds is 4. The summed E-state index contributed by atoms with van der Waals surface area (Å²) in [4.78, 5) is 11.8. The minimum atomic E-state index is -2.91. The zero-order chi connectivity index (χ0) is 17.1. The average Bonchev–Trinajstić information content (AvgIpc) is 2.60. The smallest absolute Gasteiger partial charge is 0.387 e. The predicted octanol–water partition coefficient (Wildman–Crippen LogP) is 4.89. The van der Waals surface area contributed by atoms with E-state index in [9.17, 15) is 13.6 Å². The van der Waals surface area contributed by atoms with Crippen LogP contribution in [0.15, 0.2) is 60.7 Å². The number of halogens is 2. The molecule has 0 fully saturated rings. The van der Waals surface area contributed by atoms with E-state index in [0.717, 1.165) is 10.8 Å². The van der Waals surface area contributed by atoms with E-state index in [0.29, 0.717) is 16.7 Å². The third kappa shape index (κ3) is 3.06. The molecule has 3 nitrogen and oxygen atoms in total. The van der Waals surface area contributed by atoms with Crippen molar-refractivity contribution in [3.05, 3.63) is 66.2 Å². The van der Waals surface area contributed by atoms with E-state index in [1.807, 2.05) is 12.1 Å². The summed E-state index contributed by atoms with van der Waals surface area (Å²) in [5.74, 6) is -0.368. The minimum Gasteiger partial charge on any atom is -0.465 e. The molecule has 3 aromatic carbocycles. The molecular formula is C19H14F2O3. The van der Waals surface area contributed by atoms with Crippen LogP contribution >= 0.6 is 0 Å². The van der Waals surface area contributed by atoms with Crippen molar-refractivity contribution >= 4 is 16.7 Å². The summed E-state index contributed by atoms with van der Waals surface area (Å²) in [5, 5.41) is 1.64. The van der Waals surface area contributed by atoms with Crippen molar-refractivity contribution < 1.29 is 23.0 Å². The molecule has 122 valence electrons. The molecule has 0 saturated heterocycles. The van der Waals surface area contributed by atoms with Gasteiger partial charge in [-0.05, 0) is 34.5 Å². The highest BCUT2D eigenvalue weighted by molar-refractivity contribution is 6.02. The second-order valence-corrected chi connectivity index (χ2v) is 5.11. The van der Waals surface area contributed by atoms with Crippen molar-refractivity contribution in [2.75, 3.05) is 7.11 Å². The lowest BCUT2D eigenvalue weighted by Crippen LogP contribution is -2.03. The monoisotopic (exact) mass is 328 g/mol. The Morgan fingerprint density at radius 3 is 2.46 bits per heavy atom. The number of para-hydroxylation sites is 1. The second-order valence-electron chi connectivity index (χ2n) is 5.11. The molecule has 0 aliphatic carbocycles. The van der Waals surface area contributed by atoms with Crippen molar-refractivity contribution in [2.24, 2.45) is 0 Å². The first-order valence-corrected chi connectivity index (χ1v) is 7.25. The van der Waals surface area contributed by atoms with Crippen LogP contribution in [0.1, 0.15) is 10.4 Å². The van der Waals surface area contributed by atoms with Crippen LogP contribution < -0.4 is 4.74 Å². The Morgan fingerprint density at radius 1 is 0.958 bits per heavy atom. The summed E-state index contributed by atoms with van der Waals surface area (Å²) < 4.78 is 34.7. The van der Waals surface area contributed by atoms with E-state index < -0.39 is 12.6 Å². The van der Waals surface area contributed by atoms with Gasteiger partial charge < -0.3 is 9.47 Å². The first-order valence-electron chi connectivity index (χ1n) is 7.25. The normalized spacial score (nSPS) is 10.8. The van der Waals surface area contributed by atoms with Gasteiger partial charge in [0.15, 0.2) is 0 Å². The standard InChI is InChI=1S/C19H14F2O3/c1-23-18(22)13-10-9-12-5-4-7-14(16(12)11-13)15-6-2-3-8-17(15)24-19(20)21/h2-11,19H,1H3. The predicted molar refractivity (Wildman–Crippen MR) is 87.4 cm³/mol. The van der Waals surface area contributed by atoms with Crippen LogP contribution in [0.4, 0.5) is 8.78 Å². The Kier molecular flexibility index (Phi) is 4.42. The number of hydrogen-bond acceptors (Lipinski definition) is 3. The van der Waals surface area contributed by atoms with Crippen LogP contribution in [-0.2, 0) is 4.74 Å². The molecule has 3 rings (SSSR count). The van der Waals surface area contributed by atoms with Gasteiger partial charge in [0.05, 0.1) is 12.7 Å². The average molecular weight is 328 g/mol. The molecule has 0 atom stereocenters. The summed E-state index contributed by atoms with van der Waals surface area (Å²) >= 11 is 0. The van der Waals surface area contributed by atoms with E-state index in [1.54, 1.807) is 42.5 Å². The van der Waals surface area contributed by atoms with Crippen molar-refractivity contribution in [1.29, 1.82) is 0 Å². The number of benzene rings is 3. The second kappa shape index (κ2) is 6.66. The largest absolute Gasteiger partial charge is 0.465 e. The first-order chi connectivity index (χ1) is 11.6. The number of esters is 1. The highest BCUT2D eigenvalue weighted by atomic mass is 19.3. The molecule has 0 bridgehead atoms. The number of carbonyl (C=O) groups is 1. The summed E-state index contributed by atoms with van der Waals surface area (Å²) in [6.07, 6.45) is 0. The highest BCUT2D eigenvalue weighted by Gasteiger charge is 2.14. The van der Waals surface area contributed by atoms with Gasteiger partial charge in [-0.3, -0.25) is 0 Å². The van der Waals surface area contributed by atoms with Crippen molar-refractivity contribution in [3.8, 4) is 16.9 Å². The molecule has 0 N–H and O–H groups in total. The van der Waals surface area contributed by atoms with Gasteiger partial charge in [0, 0.05) is 5.56 Å². The van der Waals surface area contributed by atoms with Gasteiger partial charge in [0.25, 0.3) is 0 Å². The lowest BCUT2D eigenvalue weighted by Gasteiger charge is -2.13. The van der Waals surface area contributed by atoms with Crippen LogP contribution in [0.2, 0.25) is 0 Å². The molecule has 0 aromatic heterocycles. The van der Waals surface area contributed by atoms with Crippen LogP contribution in [0, 0.1) is 0 Å². The Balaban J connectivity index is 2.21. The SMILES string of the molecule is COC(=O)c1ccc2cccc(-c3ccccc3OC(F)F)c2c1. The fourth-order valence-electron chi connectivity index (χ4n) is 2.64. The maximum atomic E-state index is 12.7. The molecule has 0 heterocycles. The van der Waals surface area contributed by atoms with Crippen molar-refractivity contribution in [1.82, 2.24) is 0 Å². The van der Waals surface area contributed by atoms with Crippen LogP contribution in [0.3, 0.4) is 0 Å². The van der Waals surface area contributed by atoms with Gasteiger partial charge >= 0.3 is 12.6 Å². The molecule has 0 unspecified atom stereocenters. The molecule has 0 saturated carbocycles. The number of ether oxygens (including phenoxy) is 2. The molecule has 0 aliphatic heterocycles. The number of hydrogen-bond donors (Lipinski definition) is 0. The number of carbonyl (C=O) groups excluding carboxylic acids is 1. The Morgan fingerprint density at radius 2 is 1.71 bits per heavy atom. The Labute approximate surface area is 137 Å². The lowest BCUT2D eigenvalue weighted by atomic mass is 9.96. The minimum absolute atomic E-state index is 0.0865. The first kappa shape index (κ1) is 15.9. The summed E-state index contributed by atoms with van der Waals surface area (Å²) in [5.41, 5.74) is 1.63. The zero-order valence-corrected chi connectivity index (χ0v) is 12.8. The summed E-state index contributed by atoms with van der Waals surface area (Å²) in [6.45, 7) is -2.91. The molecule has 0 aliphatic rings. The molecular weight excluding hydrogens is 314 g/mol. The van der Waals surface area contributed by atoms with Crippen LogP contribution in [0.25, 0.3) is 21.9 Å². The van der Waals surface area contributed by atoms with E-state index in [4.69, 9.17) is 4.74 Å². The van der Waals surface area contributed by atoms with E-state index in [2.05, 4.69) is 4.74 Å². The van der Waals surface area contributed by atoms with Crippen LogP contribution in [0.5, 0.6) is 5.75 Å². The zero-order valence-electron chi connectivity index (χ0n) is 12.8. The number of fused-ring (bicyclic) bond motifs is 1.